The van der Waals surface area contributed by atoms with Crippen LogP contribution in [0.4, 0.5) is 15.8 Å². The first kappa shape index (κ1) is 20.5. The second-order valence-corrected chi connectivity index (χ2v) is 8.43. The molecule has 0 fully saturated rings. The molecule has 0 spiro atoms. The van der Waals surface area contributed by atoms with E-state index in [-0.39, 0.29) is 10.6 Å². The molecule has 150 valence electrons. The summed E-state index contributed by atoms with van der Waals surface area (Å²) in [5.74, 6) is -1.30. The quantitative estimate of drug-likeness (QED) is 0.657. The van der Waals surface area contributed by atoms with Crippen molar-refractivity contribution in [2.75, 3.05) is 16.2 Å². The molecule has 0 aliphatic carbocycles. The average molecular weight is 412 g/mol. The predicted octanol–water partition coefficient (Wildman–Crippen LogP) is 4.28. The number of benzene rings is 3. The van der Waals surface area contributed by atoms with E-state index in [1.807, 2.05) is 19.9 Å². The Kier molecular flexibility index (Phi) is 5.98. The number of nitrogens with zero attached hydrogens (tertiary/aromatic N) is 1. The van der Waals surface area contributed by atoms with Gasteiger partial charge in [-0.2, -0.15) is 0 Å². The molecule has 3 aromatic rings. The van der Waals surface area contributed by atoms with E-state index >= 15 is 0 Å². The monoisotopic (exact) mass is 412 g/mol. The van der Waals surface area contributed by atoms with Crippen LogP contribution in [0.15, 0.2) is 77.7 Å². The van der Waals surface area contributed by atoms with Crippen molar-refractivity contribution >= 4 is 27.3 Å². The van der Waals surface area contributed by atoms with Gasteiger partial charge in [0.05, 0.1) is 10.6 Å². The lowest BCUT2D eigenvalue weighted by atomic mass is 10.1. The molecule has 1 amide bonds. The van der Waals surface area contributed by atoms with Gasteiger partial charge < -0.3 is 5.32 Å². The van der Waals surface area contributed by atoms with Crippen LogP contribution in [0.3, 0.4) is 0 Å². The number of hydrogen-bond donors (Lipinski definition) is 1. The van der Waals surface area contributed by atoms with Gasteiger partial charge in [0.25, 0.3) is 10.0 Å². The van der Waals surface area contributed by atoms with Gasteiger partial charge in [-0.3, -0.25) is 9.10 Å². The van der Waals surface area contributed by atoms with Crippen LogP contribution >= 0.6 is 0 Å². The molecule has 0 bridgehead atoms. The van der Waals surface area contributed by atoms with E-state index in [9.17, 15) is 17.6 Å². The minimum Gasteiger partial charge on any atom is -0.324 e. The second kappa shape index (κ2) is 8.45. The Balaban J connectivity index is 1.97. The highest BCUT2D eigenvalue weighted by atomic mass is 32.2. The summed E-state index contributed by atoms with van der Waals surface area (Å²) in [5, 5.41) is 2.73. The maximum absolute atomic E-state index is 14.4. The number of amides is 1. The van der Waals surface area contributed by atoms with E-state index in [1.165, 1.54) is 30.3 Å². The Morgan fingerprint density at radius 3 is 2.28 bits per heavy atom. The number of para-hydroxylation sites is 1. The number of anilines is 2. The van der Waals surface area contributed by atoms with Gasteiger partial charge >= 0.3 is 0 Å². The average Bonchev–Trinajstić information content (AvgIpc) is 2.71. The van der Waals surface area contributed by atoms with Crippen molar-refractivity contribution in [2.24, 2.45) is 0 Å². The highest BCUT2D eigenvalue weighted by molar-refractivity contribution is 7.92. The van der Waals surface area contributed by atoms with Gasteiger partial charge in [-0.05, 0) is 55.3 Å². The van der Waals surface area contributed by atoms with Crippen molar-refractivity contribution in [1.82, 2.24) is 0 Å². The van der Waals surface area contributed by atoms with Gasteiger partial charge in [-0.1, -0.05) is 42.5 Å². The van der Waals surface area contributed by atoms with Crippen LogP contribution in [0.2, 0.25) is 0 Å². The normalized spacial score (nSPS) is 11.1. The first-order valence-electron chi connectivity index (χ1n) is 8.99. The number of carbonyl (C=O) groups excluding carboxylic acids is 1. The largest absolute Gasteiger partial charge is 0.324 e. The van der Waals surface area contributed by atoms with Crippen molar-refractivity contribution in [3.63, 3.8) is 0 Å². The smallest absolute Gasteiger partial charge is 0.264 e. The third-order valence-corrected chi connectivity index (χ3v) is 6.39. The Morgan fingerprint density at radius 2 is 1.59 bits per heavy atom. The molecule has 5 nitrogen and oxygen atoms in total. The zero-order chi connectivity index (χ0) is 21.0. The third kappa shape index (κ3) is 4.46. The first-order chi connectivity index (χ1) is 13.8. The summed E-state index contributed by atoms with van der Waals surface area (Å²) in [6, 6.07) is 18.6. The summed E-state index contributed by atoms with van der Waals surface area (Å²) < 4.78 is 41.6. The van der Waals surface area contributed by atoms with Crippen LogP contribution in [0.1, 0.15) is 11.1 Å². The Hall–Kier alpha value is -3.19. The summed E-state index contributed by atoms with van der Waals surface area (Å²) in [7, 11) is -4.15. The van der Waals surface area contributed by atoms with E-state index in [0.29, 0.717) is 5.69 Å². The zero-order valence-electron chi connectivity index (χ0n) is 16.1. The molecule has 0 aliphatic rings. The minimum absolute atomic E-state index is 0.0252. The van der Waals surface area contributed by atoms with Crippen LogP contribution in [0, 0.1) is 19.7 Å². The van der Waals surface area contributed by atoms with Crippen molar-refractivity contribution < 1.29 is 17.6 Å². The van der Waals surface area contributed by atoms with Crippen LogP contribution < -0.4 is 9.62 Å². The summed E-state index contributed by atoms with van der Waals surface area (Å²) >= 11 is 0. The van der Waals surface area contributed by atoms with E-state index in [2.05, 4.69) is 5.32 Å². The van der Waals surface area contributed by atoms with E-state index in [0.717, 1.165) is 21.5 Å². The topological polar surface area (TPSA) is 66.5 Å². The lowest BCUT2D eigenvalue weighted by Gasteiger charge is -2.24. The molecule has 0 radical (unpaired) electrons. The Morgan fingerprint density at radius 1 is 0.931 bits per heavy atom. The second-order valence-electron chi connectivity index (χ2n) is 6.57. The van der Waals surface area contributed by atoms with Crippen LogP contribution in [-0.2, 0) is 14.8 Å². The number of aryl methyl sites for hydroxylation is 1. The molecule has 0 unspecified atom stereocenters. The molecule has 0 aromatic heterocycles. The number of carbonyl (C=O) groups is 1. The fourth-order valence-electron chi connectivity index (χ4n) is 2.88. The molecule has 3 rings (SSSR count). The number of sulfonamides is 1. The zero-order valence-corrected chi connectivity index (χ0v) is 16.9. The predicted molar refractivity (Wildman–Crippen MR) is 112 cm³/mol. The van der Waals surface area contributed by atoms with Crippen LogP contribution in [0.5, 0.6) is 0 Å². The SMILES string of the molecule is Cc1cccc(NC(=O)CN(c2ccccc2F)S(=O)(=O)c2ccccc2)c1C. The fraction of sp³-hybridized carbons (Fsp3) is 0.136. The molecule has 0 saturated heterocycles. The van der Waals surface area contributed by atoms with Gasteiger partial charge in [-0.15, -0.1) is 0 Å². The van der Waals surface area contributed by atoms with E-state index < -0.39 is 28.3 Å². The highest BCUT2D eigenvalue weighted by Gasteiger charge is 2.29. The summed E-state index contributed by atoms with van der Waals surface area (Å²) in [5.41, 5.74) is 2.27. The van der Waals surface area contributed by atoms with E-state index in [1.54, 1.807) is 30.3 Å². The number of hydrogen-bond acceptors (Lipinski definition) is 3. The Labute approximate surface area is 169 Å². The maximum Gasteiger partial charge on any atom is 0.264 e. The molecule has 3 aromatic carbocycles. The van der Waals surface area contributed by atoms with Crippen molar-refractivity contribution in [3.05, 3.63) is 89.7 Å². The van der Waals surface area contributed by atoms with Gasteiger partial charge in [-0.25, -0.2) is 12.8 Å². The molecule has 0 atom stereocenters. The van der Waals surface area contributed by atoms with Crippen molar-refractivity contribution in [3.8, 4) is 0 Å². The van der Waals surface area contributed by atoms with Gasteiger partial charge in [0, 0.05) is 5.69 Å². The summed E-state index contributed by atoms with van der Waals surface area (Å²) in [6.45, 7) is 3.21. The lowest BCUT2D eigenvalue weighted by molar-refractivity contribution is -0.114. The Bertz CT molecular complexity index is 1130. The minimum atomic E-state index is -4.15. The van der Waals surface area contributed by atoms with Crippen molar-refractivity contribution in [2.45, 2.75) is 18.7 Å². The van der Waals surface area contributed by atoms with E-state index in [4.69, 9.17) is 0 Å². The molecule has 0 aliphatic heterocycles. The lowest BCUT2D eigenvalue weighted by Crippen LogP contribution is -2.38. The summed E-state index contributed by atoms with van der Waals surface area (Å²) in [4.78, 5) is 12.7. The van der Waals surface area contributed by atoms with Crippen LogP contribution in [0.25, 0.3) is 0 Å². The molecular weight excluding hydrogens is 391 g/mol. The summed E-state index contributed by atoms with van der Waals surface area (Å²) in [6.07, 6.45) is 0. The van der Waals surface area contributed by atoms with Crippen molar-refractivity contribution in [1.29, 1.82) is 0 Å². The number of rotatable bonds is 6. The molecule has 1 N–H and O–H groups in total. The van der Waals surface area contributed by atoms with Gasteiger partial charge in [0.15, 0.2) is 0 Å². The van der Waals surface area contributed by atoms with Gasteiger partial charge in [0.1, 0.15) is 12.4 Å². The molecule has 0 saturated carbocycles. The molecule has 7 heteroatoms. The number of nitrogens with one attached hydrogen (secondary N) is 1. The highest BCUT2D eigenvalue weighted by Crippen LogP contribution is 2.26. The van der Waals surface area contributed by atoms with Crippen LogP contribution in [-0.4, -0.2) is 20.9 Å². The molecular formula is C22H21FN2O3S. The van der Waals surface area contributed by atoms with Gasteiger partial charge in [0.2, 0.25) is 5.91 Å². The number of halogens is 1. The fourth-order valence-corrected chi connectivity index (χ4v) is 4.33. The molecule has 29 heavy (non-hydrogen) atoms. The standard InChI is InChI=1S/C22H21FN2O3S/c1-16-9-8-13-20(17(16)2)24-22(26)15-25(21-14-7-6-12-19(21)23)29(27,28)18-10-4-3-5-11-18/h3-14H,15H2,1-2H3,(H,24,26). The maximum atomic E-state index is 14.4. The third-order valence-electron chi connectivity index (χ3n) is 4.62. The first-order valence-corrected chi connectivity index (χ1v) is 10.4. The molecule has 0 heterocycles.